The summed E-state index contributed by atoms with van der Waals surface area (Å²) in [7, 11) is 0. The largest absolute Gasteiger partial charge is 0.772 e. The van der Waals surface area contributed by atoms with Crippen molar-refractivity contribution in [1.29, 1.82) is 0 Å². The topological polar surface area (TPSA) is 40.1 Å². The van der Waals surface area contributed by atoms with Crippen LogP contribution in [0.3, 0.4) is 0 Å². The molecule has 18 heavy (non-hydrogen) atoms. The molecule has 0 heterocycles. The molecule has 0 amide bonds. The predicted molar refractivity (Wildman–Crippen MR) is 50.1 cm³/mol. The summed E-state index contributed by atoms with van der Waals surface area (Å²) in [5.74, 6) is -1.57. The monoisotopic (exact) mass is 293 g/mol. The zero-order valence-electron chi connectivity index (χ0n) is 8.80. The Morgan fingerprint density at radius 1 is 1.17 bits per heavy atom. The molecule has 0 radical (unpaired) electrons. The van der Waals surface area contributed by atoms with Gasteiger partial charge in [0.15, 0.2) is 0 Å². The maximum atomic E-state index is 12.5. The van der Waals surface area contributed by atoms with Crippen molar-refractivity contribution in [1.82, 2.24) is 0 Å². The van der Waals surface area contributed by atoms with Crippen molar-refractivity contribution < 1.29 is 35.1 Å². The van der Waals surface area contributed by atoms with E-state index in [1.165, 1.54) is 0 Å². The third kappa shape index (κ3) is 3.14. The van der Waals surface area contributed by atoms with Gasteiger partial charge in [0.25, 0.3) is 0 Å². The lowest BCUT2D eigenvalue weighted by Crippen LogP contribution is -2.34. The van der Waals surface area contributed by atoms with Crippen LogP contribution in [0.4, 0.5) is 26.3 Å². The number of hydrogen-bond donors (Lipinski definition) is 0. The van der Waals surface area contributed by atoms with E-state index in [1.807, 2.05) is 0 Å². The Kier molecular flexibility index (Phi) is 3.97. The molecule has 3 atom stereocenters. The second-order valence-electron chi connectivity index (χ2n) is 3.73. The molecule has 3 unspecified atom stereocenters. The number of allylic oxidation sites excluding steroid dienone is 3. The Morgan fingerprint density at radius 2 is 1.67 bits per heavy atom. The minimum Gasteiger partial charge on any atom is -0.772 e. The van der Waals surface area contributed by atoms with Crippen LogP contribution in [0, 0.1) is 5.92 Å². The molecule has 0 spiro atoms. The Labute approximate surface area is 101 Å². The van der Waals surface area contributed by atoms with Gasteiger partial charge in [0.2, 0.25) is 0 Å². The van der Waals surface area contributed by atoms with Gasteiger partial charge < -0.3 is 4.55 Å². The molecule has 0 saturated carbocycles. The molecule has 0 aromatic heterocycles. The zero-order valence-corrected chi connectivity index (χ0v) is 9.62. The molecule has 0 aromatic carbocycles. The quantitative estimate of drug-likeness (QED) is 0.551. The molecule has 0 N–H and O–H groups in total. The number of hydrogen-bond acceptors (Lipinski definition) is 2. The van der Waals surface area contributed by atoms with Crippen molar-refractivity contribution in [2.75, 3.05) is 0 Å². The molecule has 1 aliphatic rings. The standard InChI is InChI=1S/C9H8F6O2S/c1-4-6(9(13,14)15)2-5(8(10,11)12)3-7(4)18(16)17/h2-4,7H,1H3,(H,16,17)/p-1. The SMILES string of the molecule is CC1C(C(F)(F)F)=CC(C(F)(F)F)=CC1S(=O)[O-]. The Balaban J connectivity index is 3.32. The van der Waals surface area contributed by atoms with E-state index in [1.54, 1.807) is 0 Å². The first-order valence-electron chi connectivity index (χ1n) is 4.60. The highest BCUT2D eigenvalue weighted by Gasteiger charge is 2.45. The van der Waals surface area contributed by atoms with Gasteiger partial charge in [-0.15, -0.1) is 0 Å². The third-order valence-electron chi connectivity index (χ3n) is 2.52. The summed E-state index contributed by atoms with van der Waals surface area (Å²) >= 11 is -3.06. The van der Waals surface area contributed by atoms with Crippen molar-refractivity contribution in [2.45, 2.75) is 24.5 Å². The number of rotatable bonds is 1. The second-order valence-corrected chi connectivity index (χ2v) is 4.80. The van der Waals surface area contributed by atoms with Crippen LogP contribution < -0.4 is 0 Å². The fourth-order valence-corrected chi connectivity index (χ4v) is 2.32. The van der Waals surface area contributed by atoms with Gasteiger partial charge in [-0.25, -0.2) is 0 Å². The van der Waals surface area contributed by atoms with Crippen LogP contribution in [0.2, 0.25) is 0 Å². The van der Waals surface area contributed by atoms with Crippen molar-refractivity contribution in [3.05, 3.63) is 23.3 Å². The maximum absolute atomic E-state index is 12.5. The van der Waals surface area contributed by atoms with Gasteiger partial charge in [-0.1, -0.05) is 13.0 Å². The molecular weight excluding hydrogens is 286 g/mol. The van der Waals surface area contributed by atoms with E-state index in [0.29, 0.717) is 6.08 Å². The summed E-state index contributed by atoms with van der Waals surface area (Å²) in [5.41, 5.74) is -3.09. The molecule has 104 valence electrons. The summed E-state index contributed by atoms with van der Waals surface area (Å²) < 4.78 is 96.1. The molecule has 1 aliphatic carbocycles. The van der Waals surface area contributed by atoms with E-state index in [-0.39, 0.29) is 6.08 Å². The van der Waals surface area contributed by atoms with Crippen LogP contribution in [0.5, 0.6) is 0 Å². The van der Waals surface area contributed by atoms with E-state index in [9.17, 15) is 35.1 Å². The molecule has 0 aromatic rings. The van der Waals surface area contributed by atoms with Crippen LogP contribution in [-0.4, -0.2) is 26.4 Å². The van der Waals surface area contributed by atoms with Crippen molar-refractivity contribution in [3.8, 4) is 0 Å². The Bertz CT molecular complexity index is 420. The van der Waals surface area contributed by atoms with Gasteiger partial charge >= 0.3 is 12.4 Å². The summed E-state index contributed by atoms with van der Waals surface area (Å²) in [4.78, 5) is 0. The minimum absolute atomic E-state index is 0.0476. The van der Waals surface area contributed by atoms with Gasteiger partial charge in [0, 0.05) is 16.7 Å². The lowest BCUT2D eigenvalue weighted by molar-refractivity contribution is -0.102. The first-order valence-corrected chi connectivity index (χ1v) is 5.74. The summed E-state index contributed by atoms with van der Waals surface area (Å²) in [6, 6.07) is 0. The predicted octanol–water partition coefficient (Wildman–Crippen LogP) is 2.86. The highest BCUT2D eigenvalue weighted by molar-refractivity contribution is 7.80. The summed E-state index contributed by atoms with van der Waals surface area (Å²) in [5, 5.41) is -1.84. The Hall–Kier alpha value is -0.830. The average Bonchev–Trinajstić information content (AvgIpc) is 2.13. The van der Waals surface area contributed by atoms with E-state index in [4.69, 9.17) is 0 Å². The van der Waals surface area contributed by atoms with Gasteiger partial charge in [-0.3, -0.25) is 4.21 Å². The van der Waals surface area contributed by atoms with Gasteiger partial charge in [-0.05, 0) is 17.2 Å². The highest BCUT2D eigenvalue weighted by atomic mass is 32.2. The maximum Gasteiger partial charge on any atom is 0.416 e. The van der Waals surface area contributed by atoms with Crippen molar-refractivity contribution in [2.24, 2.45) is 5.92 Å². The summed E-state index contributed by atoms with van der Waals surface area (Å²) in [6.45, 7) is 0.920. The molecule has 0 aliphatic heterocycles. The fourth-order valence-electron chi connectivity index (χ4n) is 1.58. The van der Waals surface area contributed by atoms with Gasteiger partial charge in [0.05, 0.1) is 5.57 Å². The van der Waals surface area contributed by atoms with Crippen molar-refractivity contribution >= 4 is 11.1 Å². The van der Waals surface area contributed by atoms with Crippen LogP contribution in [-0.2, 0) is 11.1 Å². The lowest BCUT2D eigenvalue weighted by atomic mass is 9.88. The molecule has 0 saturated heterocycles. The first kappa shape index (κ1) is 15.2. The zero-order chi connectivity index (χ0) is 14.3. The first-order chi connectivity index (χ1) is 7.94. The normalized spacial score (nSPS) is 27.6. The van der Waals surface area contributed by atoms with Crippen molar-refractivity contribution in [3.63, 3.8) is 0 Å². The number of halogens is 6. The molecule has 0 fully saturated rings. The highest BCUT2D eigenvalue weighted by Crippen LogP contribution is 2.41. The minimum atomic E-state index is -5.02. The van der Waals surface area contributed by atoms with Crippen LogP contribution in [0.15, 0.2) is 23.3 Å². The number of alkyl halides is 6. The lowest BCUT2D eigenvalue weighted by Gasteiger charge is -2.31. The fraction of sp³-hybridized carbons (Fsp3) is 0.556. The van der Waals surface area contributed by atoms with Gasteiger partial charge in [0.1, 0.15) is 0 Å². The van der Waals surface area contributed by atoms with E-state index in [2.05, 4.69) is 0 Å². The van der Waals surface area contributed by atoms with E-state index in [0.717, 1.165) is 6.92 Å². The van der Waals surface area contributed by atoms with E-state index >= 15 is 0 Å². The summed E-state index contributed by atoms with van der Waals surface area (Å²) in [6.07, 6.45) is -9.77. The average molecular weight is 293 g/mol. The Morgan fingerprint density at radius 3 is 2.00 bits per heavy atom. The molecular formula is C9H7F6O2S-. The van der Waals surface area contributed by atoms with Crippen LogP contribution in [0.25, 0.3) is 0 Å². The van der Waals surface area contributed by atoms with Crippen LogP contribution >= 0.6 is 0 Å². The molecule has 2 nitrogen and oxygen atoms in total. The van der Waals surface area contributed by atoms with Crippen LogP contribution in [0.1, 0.15) is 6.92 Å². The molecule has 1 rings (SSSR count). The molecule has 0 bridgehead atoms. The third-order valence-corrected chi connectivity index (χ3v) is 3.50. The second kappa shape index (κ2) is 4.69. The smallest absolute Gasteiger partial charge is 0.416 e. The van der Waals surface area contributed by atoms with E-state index < -0.39 is 45.7 Å². The van der Waals surface area contributed by atoms with Gasteiger partial charge in [-0.2, -0.15) is 26.3 Å². The molecule has 9 heteroatoms.